The fourth-order valence-corrected chi connectivity index (χ4v) is 1.85. The van der Waals surface area contributed by atoms with E-state index in [1.165, 1.54) is 0 Å². The van der Waals surface area contributed by atoms with Crippen molar-refractivity contribution in [3.63, 3.8) is 0 Å². The van der Waals surface area contributed by atoms with E-state index >= 15 is 0 Å². The van der Waals surface area contributed by atoms with Crippen LogP contribution in [0.25, 0.3) is 0 Å². The van der Waals surface area contributed by atoms with Crippen LogP contribution in [0.1, 0.15) is 32.8 Å². The molecule has 4 nitrogen and oxygen atoms in total. The zero-order chi connectivity index (χ0) is 14.4. The molecule has 0 aliphatic carbocycles. The first-order chi connectivity index (χ1) is 8.93. The summed E-state index contributed by atoms with van der Waals surface area (Å²) in [6, 6.07) is 5.20. The van der Waals surface area contributed by atoms with Crippen LogP contribution in [-0.2, 0) is 4.79 Å². The van der Waals surface area contributed by atoms with Crippen LogP contribution in [0.3, 0.4) is 0 Å². The van der Waals surface area contributed by atoms with Crippen LogP contribution >= 0.6 is 0 Å². The number of carbonyl (C=O) groups is 1. The number of amides is 1. The van der Waals surface area contributed by atoms with Gasteiger partial charge in [0.05, 0.1) is 18.3 Å². The first kappa shape index (κ1) is 15.5. The second kappa shape index (κ2) is 7.14. The van der Waals surface area contributed by atoms with Crippen molar-refractivity contribution in [2.45, 2.75) is 40.2 Å². The van der Waals surface area contributed by atoms with Crippen molar-refractivity contribution in [3.8, 4) is 5.75 Å². The number of aryl methyl sites for hydroxylation is 1. The molecule has 0 spiro atoms. The molecule has 0 aliphatic rings. The lowest BCUT2D eigenvalue weighted by atomic mass is 10.0. The number of nitrogens with one attached hydrogen (secondary N) is 1. The number of rotatable bonds is 6. The molecule has 106 valence electrons. The van der Waals surface area contributed by atoms with Crippen molar-refractivity contribution < 1.29 is 9.53 Å². The van der Waals surface area contributed by atoms with E-state index in [0.29, 0.717) is 30.4 Å². The monoisotopic (exact) mass is 264 g/mol. The Bertz CT molecular complexity index is 430. The third-order valence-electron chi connectivity index (χ3n) is 2.76. The number of nitrogens with two attached hydrogens (primary N) is 1. The maximum Gasteiger partial charge on any atom is 0.241 e. The third kappa shape index (κ3) is 4.91. The van der Waals surface area contributed by atoms with E-state index in [1.807, 2.05) is 45.9 Å². The van der Waals surface area contributed by atoms with Gasteiger partial charge in [0.25, 0.3) is 0 Å². The highest BCUT2D eigenvalue weighted by molar-refractivity contribution is 5.95. The average Bonchev–Trinajstić information content (AvgIpc) is 2.32. The lowest BCUT2D eigenvalue weighted by molar-refractivity contribution is -0.117. The van der Waals surface area contributed by atoms with Gasteiger partial charge in [-0.15, -0.1) is 0 Å². The van der Waals surface area contributed by atoms with E-state index < -0.39 is 6.04 Å². The molecular weight excluding hydrogens is 240 g/mol. The Hall–Kier alpha value is -1.55. The SMILES string of the molecule is CCOc1cc(C)ccc1NC(=O)C(N)CC(C)C. The van der Waals surface area contributed by atoms with E-state index in [9.17, 15) is 4.79 Å². The van der Waals surface area contributed by atoms with E-state index in [-0.39, 0.29) is 5.91 Å². The van der Waals surface area contributed by atoms with Gasteiger partial charge in [0.1, 0.15) is 5.75 Å². The molecule has 1 rings (SSSR count). The van der Waals surface area contributed by atoms with E-state index in [2.05, 4.69) is 5.32 Å². The Morgan fingerprint density at radius 1 is 1.42 bits per heavy atom. The molecule has 1 amide bonds. The number of ether oxygens (including phenoxy) is 1. The second-order valence-corrected chi connectivity index (χ2v) is 5.16. The first-order valence-electron chi connectivity index (χ1n) is 6.74. The highest BCUT2D eigenvalue weighted by atomic mass is 16.5. The molecular formula is C15H24N2O2. The quantitative estimate of drug-likeness (QED) is 0.830. The van der Waals surface area contributed by atoms with Crippen LogP contribution < -0.4 is 15.8 Å². The van der Waals surface area contributed by atoms with Crippen molar-refractivity contribution in [1.29, 1.82) is 0 Å². The maximum absolute atomic E-state index is 12.0. The lowest BCUT2D eigenvalue weighted by Gasteiger charge is -2.16. The topological polar surface area (TPSA) is 64.3 Å². The fraction of sp³-hybridized carbons (Fsp3) is 0.533. The molecule has 0 saturated carbocycles. The van der Waals surface area contributed by atoms with Gasteiger partial charge in [-0.1, -0.05) is 19.9 Å². The maximum atomic E-state index is 12.0. The van der Waals surface area contributed by atoms with Gasteiger partial charge in [-0.05, 0) is 43.9 Å². The summed E-state index contributed by atoms with van der Waals surface area (Å²) in [5.74, 6) is 0.913. The Morgan fingerprint density at radius 3 is 2.68 bits per heavy atom. The van der Waals surface area contributed by atoms with Crippen LogP contribution in [0, 0.1) is 12.8 Å². The van der Waals surface area contributed by atoms with Gasteiger partial charge in [0.15, 0.2) is 0 Å². The predicted octanol–water partition coefficient (Wildman–Crippen LogP) is 2.71. The van der Waals surface area contributed by atoms with Crippen LogP contribution in [0.4, 0.5) is 5.69 Å². The van der Waals surface area contributed by atoms with Crippen molar-refractivity contribution >= 4 is 11.6 Å². The Morgan fingerprint density at radius 2 is 2.11 bits per heavy atom. The molecule has 1 unspecified atom stereocenters. The molecule has 0 saturated heterocycles. The molecule has 1 atom stereocenters. The van der Waals surface area contributed by atoms with Crippen LogP contribution in [0.15, 0.2) is 18.2 Å². The van der Waals surface area contributed by atoms with E-state index in [0.717, 1.165) is 5.56 Å². The van der Waals surface area contributed by atoms with Gasteiger partial charge < -0.3 is 15.8 Å². The number of hydrogen-bond donors (Lipinski definition) is 2. The van der Waals surface area contributed by atoms with Crippen LogP contribution in [0.5, 0.6) is 5.75 Å². The number of hydrogen-bond acceptors (Lipinski definition) is 3. The highest BCUT2D eigenvalue weighted by Crippen LogP contribution is 2.26. The molecule has 0 aliphatic heterocycles. The summed E-state index contributed by atoms with van der Waals surface area (Å²) in [6.45, 7) is 8.55. The largest absolute Gasteiger partial charge is 0.492 e. The van der Waals surface area contributed by atoms with Gasteiger partial charge in [0.2, 0.25) is 5.91 Å². The molecule has 1 aromatic rings. The summed E-state index contributed by atoms with van der Waals surface area (Å²) < 4.78 is 5.52. The van der Waals surface area contributed by atoms with Gasteiger partial charge in [-0.25, -0.2) is 0 Å². The van der Waals surface area contributed by atoms with Gasteiger partial charge in [-0.3, -0.25) is 4.79 Å². The van der Waals surface area contributed by atoms with Crippen molar-refractivity contribution in [3.05, 3.63) is 23.8 Å². The predicted molar refractivity (Wildman–Crippen MR) is 78.4 cm³/mol. The summed E-state index contributed by atoms with van der Waals surface area (Å²) in [6.07, 6.45) is 0.668. The summed E-state index contributed by atoms with van der Waals surface area (Å²) in [4.78, 5) is 12.0. The standard InChI is InChI=1S/C15H24N2O2/c1-5-19-14-9-11(4)6-7-13(14)17-15(18)12(16)8-10(2)3/h6-7,9-10,12H,5,8,16H2,1-4H3,(H,17,18). The molecule has 0 aromatic heterocycles. The summed E-state index contributed by atoms with van der Waals surface area (Å²) in [5, 5.41) is 2.84. The zero-order valence-electron chi connectivity index (χ0n) is 12.2. The van der Waals surface area contributed by atoms with Gasteiger partial charge >= 0.3 is 0 Å². The summed E-state index contributed by atoms with van der Waals surface area (Å²) in [5.41, 5.74) is 7.64. The van der Waals surface area contributed by atoms with Crippen molar-refractivity contribution in [1.82, 2.24) is 0 Å². The second-order valence-electron chi connectivity index (χ2n) is 5.16. The summed E-state index contributed by atoms with van der Waals surface area (Å²) >= 11 is 0. The molecule has 0 heterocycles. The van der Waals surface area contributed by atoms with Crippen molar-refractivity contribution in [2.75, 3.05) is 11.9 Å². The fourth-order valence-electron chi connectivity index (χ4n) is 1.85. The number of carbonyl (C=O) groups excluding carboxylic acids is 1. The molecule has 4 heteroatoms. The summed E-state index contributed by atoms with van der Waals surface area (Å²) in [7, 11) is 0. The smallest absolute Gasteiger partial charge is 0.241 e. The average molecular weight is 264 g/mol. The molecule has 0 bridgehead atoms. The lowest BCUT2D eigenvalue weighted by Crippen LogP contribution is -2.36. The number of benzene rings is 1. The normalized spacial score (nSPS) is 12.3. The Balaban J connectivity index is 2.78. The van der Waals surface area contributed by atoms with Crippen LogP contribution in [-0.4, -0.2) is 18.6 Å². The molecule has 0 radical (unpaired) electrons. The van der Waals surface area contributed by atoms with Crippen molar-refractivity contribution in [2.24, 2.45) is 11.7 Å². The molecule has 0 fully saturated rings. The van der Waals surface area contributed by atoms with Gasteiger partial charge in [-0.2, -0.15) is 0 Å². The molecule has 3 N–H and O–H groups in total. The highest BCUT2D eigenvalue weighted by Gasteiger charge is 2.16. The van der Waals surface area contributed by atoms with E-state index in [4.69, 9.17) is 10.5 Å². The Labute approximate surface area is 115 Å². The minimum absolute atomic E-state index is 0.168. The minimum Gasteiger partial charge on any atom is -0.492 e. The zero-order valence-corrected chi connectivity index (χ0v) is 12.2. The van der Waals surface area contributed by atoms with Gasteiger partial charge in [0, 0.05) is 0 Å². The number of anilines is 1. The molecule has 19 heavy (non-hydrogen) atoms. The minimum atomic E-state index is -0.490. The first-order valence-corrected chi connectivity index (χ1v) is 6.74. The third-order valence-corrected chi connectivity index (χ3v) is 2.76. The van der Waals surface area contributed by atoms with E-state index in [1.54, 1.807) is 0 Å². The Kier molecular flexibility index (Phi) is 5.83. The van der Waals surface area contributed by atoms with Crippen LogP contribution in [0.2, 0.25) is 0 Å². The molecule has 1 aromatic carbocycles.